The Morgan fingerprint density at radius 2 is 2.00 bits per heavy atom. The molecule has 4 rings (SSSR count). The number of primary amides is 1. The van der Waals surface area contributed by atoms with Gasteiger partial charge in [-0.15, -0.1) is 11.3 Å². The first kappa shape index (κ1) is 19.5. The van der Waals surface area contributed by atoms with Gasteiger partial charge in [-0.05, 0) is 54.2 Å². The van der Waals surface area contributed by atoms with E-state index in [1.54, 1.807) is 11.3 Å². The monoisotopic (exact) mass is 420 g/mol. The molecule has 1 aliphatic heterocycles. The molecule has 8 heteroatoms. The van der Waals surface area contributed by atoms with Crippen LogP contribution in [-0.4, -0.2) is 43.2 Å². The van der Waals surface area contributed by atoms with Crippen LogP contribution in [0.15, 0.2) is 30.5 Å². The van der Waals surface area contributed by atoms with E-state index < -0.39 is 16.5 Å². The number of fused-ring (bicyclic) bond motifs is 1. The molecule has 1 saturated heterocycles. The summed E-state index contributed by atoms with van der Waals surface area (Å²) in [6.07, 6.45) is 3.96. The second-order valence-corrected chi connectivity index (χ2v) is 10.9. The SMILES string of the molecule is NC(=O)c1cc(-c2ccc(CCO)s2)cc2c(C3CCS(O)(O)CC3)c[nH]c12. The average molecular weight is 421 g/mol. The number of H-pyrrole nitrogens is 1. The third kappa shape index (κ3) is 3.70. The van der Waals surface area contributed by atoms with E-state index in [4.69, 9.17) is 10.8 Å². The Labute approximate surface area is 168 Å². The van der Waals surface area contributed by atoms with Crippen molar-refractivity contribution >= 4 is 38.7 Å². The molecule has 0 saturated carbocycles. The standard InChI is InChI=1S/C20H24N2O4S2/c21-20(24)16-10-13(18-2-1-14(27-18)3-6-23)9-15-17(11-22-19(15)16)12-4-7-28(25,26)8-5-12/h1-2,9-12,22-23,25-26H,3-8H2,(H2,21,24). The molecular formula is C20H24N2O4S2. The number of nitrogens with one attached hydrogen (secondary N) is 1. The second kappa shape index (κ2) is 7.53. The first-order chi connectivity index (χ1) is 13.4. The molecule has 0 unspecified atom stereocenters. The van der Waals surface area contributed by atoms with Crippen LogP contribution in [0.2, 0.25) is 0 Å². The number of rotatable bonds is 5. The van der Waals surface area contributed by atoms with Gasteiger partial charge in [0.1, 0.15) is 0 Å². The lowest BCUT2D eigenvalue weighted by molar-refractivity contribution is 0.100. The number of aliphatic hydroxyl groups excluding tert-OH is 1. The summed E-state index contributed by atoms with van der Waals surface area (Å²) >= 11 is 1.60. The predicted octanol–water partition coefficient (Wildman–Crippen LogP) is 4.16. The van der Waals surface area contributed by atoms with Gasteiger partial charge in [-0.2, -0.15) is 10.6 Å². The van der Waals surface area contributed by atoms with E-state index in [2.05, 4.69) is 11.1 Å². The molecule has 0 atom stereocenters. The van der Waals surface area contributed by atoms with Gasteiger partial charge in [0.15, 0.2) is 0 Å². The number of nitrogens with two attached hydrogens (primary N) is 1. The van der Waals surface area contributed by atoms with Crippen molar-refractivity contribution in [1.29, 1.82) is 0 Å². The normalized spacial score (nSPS) is 18.4. The highest BCUT2D eigenvalue weighted by Gasteiger charge is 2.27. The van der Waals surface area contributed by atoms with E-state index >= 15 is 0 Å². The summed E-state index contributed by atoms with van der Waals surface area (Å²) in [7, 11) is -2.44. The maximum Gasteiger partial charge on any atom is 0.250 e. The van der Waals surface area contributed by atoms with Crippen LogP contribution in [0.4, 0.5) is 0 Å². The minimum absolute atomic E-state index is 0.106. The van der Waals surface area contributed by atoms with Crippen LogP contribution in [0.5, 0.6) is 0 Å². The molecule has 0 aliphatic carbocycles. The van der Waals surface area contributed by atoms with Gasteiger partial charge < -0.3 is 15.8 Å². The van der Waals surface area contributed by atoms with E-state index in [-0.39, 0.29) is 12.5 Å². The summed E-state index contributed by atoms with van der Waals surface area (Å²) in [6, 6.07) is 7.89. The zero-order valence-electron chi connectivity index (χ0n) is 15.4. The van der Waals surface area contributed by atoms with Gasteiger partial charge in [0.2, 0.25) is 0 Å². The summed E-state index contributed by atoms with van der Waals surface area (Å²) in [4.78, 5) is 17.4. The number of aromatic amines is 1. The quantitative estimate of drug-likeness (QED) is 0.426. The number of aromatic nitrogens is 1. The molecule has 0 radical (unpaired) electrons. The van der Waals surface area contributed by atoms with Crippen molar-refractivity contribution in [3.63, 3.8) is 0 Å². The maximum absolute atomic E-state index is 12.1. The zero-order valence-corrected chi connectivity index (χ0v) is 17.0. The van der Waals surface area contributed by atoms with E-state index in [9.17, 15) is 13.9 Å². The van der Waals surface area contributed by atoms with Crippen LogP contribution in [0.3, 0.4) is 0 Å². The van der Waals surface area contributed by atoms with Gasteiger partial charge in [0.25, 0.3) is 5.91 Å². The van der Waals surface area contributed by atoms with Gasteiger partial charge in [0, 0.05) is 45.9 Å². The smallest absolute Gasteiger partial charge is 0.250 e. The third-order valence-electron chi connectivity index (χ3n) is 5.42. The molecular weight excluding hydrogens is 396 g/mol. The van der Waals surface area contributed by atoms with E-state index in [0.29, 0.717) is 36.3 Å². The number of hydrogen-bond acceptors (Lipinski definition) is 5. The summed E-state index contributed by atoms with van der Waals surface area (Å²) < 4.78 is 19.8. The lowest BCUT2D eigenvalue weighted by atomic mass is 9.91. The van der Waals surface area contributed by atoms with Crippen molar-refractivity contribution in [1.82, 2.24) is 4.98 Å². The second-order valence-electron chi connectivity index (χ2n) is 7.28. The summed E-state index contributed by atoms with van der Waals surface area (Å²) in [5, 5.41) is 10.1. The molecule has 150 valence electrons. The fourth-order valence-corrected chi connectivity index (χ4v) is 6.44. The summed E-state index contributed by atoms with van der Waals surface area (Å²) in [5.74, 6) is 0.577. The molecule has 2 aromatic heterocycles. The number of thiophene rings is 1. The van der Waals surface area contributed by atoms with E-state index in [1.807, 2.05) is 24.4 Å². The van der Waals surface area contributed by atoms with E-state index in [1.165, 1.54) is 0 Å². The highest BCUT2D eigenvalue weighted by molar-refractivity contribution is 8.24. The highest BCUT2D eigenvalue weighted by Crippen LogP contribution is 2.49. The van der Waals surface area contributed by atoms with Crippen molar-refractivity contribution in [3.8, 4) is 10.4 Å². The predicted molar refractivity (Wildman–Crippen MR) is 115 cm³/mol. The molecule has 28 heavy (non-hydrogen) atoms. The van der Waals surface area contributed by atoms with Crippen molar-refractivity contribution in [2.45, 2.75) is 25.2 Å². The fraction of sp³-hybridized carbons (Fsp3) is 0.350. The molecule has 6 N–H and O–H groups in total. The largest absolute Gasteiger partial charge is 0.396 e. The van der Waals surface area contributed by atoms with Crippen LogP contribution in [0.1, 0.15) is 39.6 Å². The highest BCUT2D eigenvalue weighted by atomic mass is 32.3. The molecule has 1 aliphatic rings. The van der Waals surface area contributed by atoms with Crippen molar-refractivity contribution < 1.29 is 19.0 Å². The Bertz CT molecular complexity index is 1010. The average Bonchev–Trinajstić information content (AvgIpc) is 3.28. The number of carbonyl (C=O) groups excluding carboxylic acids is 1. The van der Waals surface area contributed by atoms with Crippen molar-refractivity contribution in [2.75, 3.05) is 18.1 Å². The Hall–Kier alpha value is -1.84. The van der Waals surface area contributed by atoms with Crippen molar-refractivity contribution in [3.05, 3.63) is 46.5 Å². The van der Waals surface area contributed by atoms with Crippen LogP contribution >= 0.6 is 21.9 Å². The Morgan fingerprint density at radius 1 is 1.25 bits per heavy atom. The minimum Gasteiger partial charge on any atom is -0.396 e. The lowest BCUT2D eigenvalue weighted by Crippen LogP contribution is -2.19. The number of amides is 1. The molecule has 0 spiro atoms. The number of carbonyl (C=O) groups is 1. The minimum atomic E-state index is -2.44. The van der Waals surface area contributed by atoms with Crippen LogP contribution in [-0.2, 0) is 6.42 Å². The maximum atomic E-state index is 12.1. The molecule has 1 fully saturated rings. The van der Waals surface area contributed by atoms with Gasteiger partial charge >= 0.3 is 0 Å². The molecule has 3 aromatic rings. The van der Waals surface area contributed by atoms with Crippen LogP contribution in [0, 0.1) is 0 Å². The molecule has 3 heterocycles. The first-order valence-electron chi connectivity index (χ1n) is 9.26. The van der Waals surface area contributed by atoms with Gasteiger partial charge in [-0.1, -0.05) is 0 Å². The fourth-order valence-electron chi connectivity index (χ4n) is 3.92. The topological polar surface area (TPSA) is 120 Å². The van der Waals surface area contributed by atoms with Gasteiger partial charge in [-0.3, -0.25) is 13.9 Å². The van der Waals surface area contributed by atoms with Gasteiger partial charge in [0.05, 0.1) is 11.1 Å². The number of hydrogen-bond donors (Lipinski definition) is 5. The number of benzene rings is 1. The zero-order chi connectivity index (χ0) is 19.9. The van der Waals surface area contributed by atoms with Crippen LogP contribution in [0.25, 0.3) is 21.3 Å². The molecule has 6 nitrogen and oxygen atoms in total. The number of aliphatic hydroxyl groups is 1. The Morgan fingerprint density at radius 3 is 2.68 bits per heavy atom. The first-order valence-corrected chi connectivity index (χ1v) is 12.0. The molecule has 0 bridgehead atoms. The third-order valence-corrected chi connectivity index (χ3v) is 8.39. The van der Waals surface area contributed by atoms with E-state index in [0.717, 1.165) is 31.8 Å². The van der Waals surface area contributed by atoms with Gasteiger partial charge in [-0.25, -0.2) is 0 Å². The Balaban J connectivity index is 1.78. The van der Waals surface area contributed by atoms with Crippen molar-refractivity contribution in [2.24, 2.45) is 5.73 Å². The lowest BCUT2D eigenvalue weighted by Gasteiger charge is -2.39. The summed E-state index contributed by atoms with van der Waals surface area (Å²) in [5.41, 5.74) is 8.86. The Kier molecular flexibility index (Phi) is 5.24. The summed E-state index contributed by atoms with van der Waals surface area (Å²) in [6.45, 7) is 0.106. The molecule has 1 aromatic carbocycles. The molecule has 1 amide bonds. The van der Waals surface area contributed by atoms with Crippen LogP contribution < -0.4 is 5.73 Å².